The number of thiocarbonyl (C=S) groups is 1. The van der Waals surface area contributed by atoms with Gasteiger partial charge in [-0.05, 0) is 31.1 Å². The predicted molar refractivity (Wildman–Crippen MR) is 131 cm³/mol. The first kappa shape index (κ1) is 20.2. The SMILES string of the molecule is O=C1/C(=C/c2cn(-c3ccccc3)nc2-c2ccccc2)SC(=S)N1C1CCCCC1. The first-order valence-electron chi connectivity index (χ1n) is 10.7. The largest absolute Gasteiger partial charge is 0.290 e. The van der Waals surface area contributed by atoms with Gasteiger partial charge in [0.15, 0.2) is 0 Å². The number of hydrogen-bond donors (Lipinski definition) is 0. The molecule has 1 aliphatic heterocycles. The van der Waals surface area contributed by atoms with Crippen molar-refractivity contribution in [3.8, 4) is 16.9 Å². The molecule has 1 aromatic heterocycles. The number of thioether (sulfide) groups is 1. The molecular formula is C25H23N3OS2. The molecule has 31 heavy (non-hydrogen) atoms. The molecule has 2 aliphatic rings. The highest BCUT2D eigenvalue weighted by Gasteiger charge is 2.37. The topological polar surface area (TPSA) is 38.1 Å². The van der Waals surface area contributed by atoms with Crippen molar-refractivity contribution in [2.45, 2.75) is 38.1 Å². The molecule has 0 unspecified atom stereocenters. The molecule has 0 N–H and O–H groups in total. The fraction of sp³-hybridized carbons (Fsp3) is 0.240. The maximum Gasteiger partial charge on any atom is 0.266 e. The monoisotopic (exact) mass is 445 g/mol. The standard InChI is InChI=1S/C25H23N3OS2/c29-24-22(31-25(30)28(24)21-14-8-3-9-15-21)16-19-17-27(20-12-6-2-7-13-20)26-23(19)18-10-4-1-5-11-18/h1-2,4-7,10-13,16-17,21H,3,8-9,14-15H2/b22-16-. The molecule has 3 aromatic rings. The summed E-state index contributed by atoms with van der Waals surface area (Å²) in [5.74, 6) is 0.0355. The molecule has 5 rings (SSSR count). The summed E-state index contributed by atoms with van der Waals surface area (Å²) in [4.78, 5) is 15.8. The van der Waals surface area contributed by atoms with Crippen LogP contribution in [0.25, 0.3) is 23.0 Å². The first-order valence-corrected chi connectivity index (χ1v) is 11.9. The van der Waals surface area contributed by atoms with Crippen molar-refractivity contribution in [3.05, 3.63) is 77.3 Å². The fourth-order valence-electron chi connectivity index (χ4n) is 4.30. The van der Waals surface area contributed by atoms with Crippen LogP contribution in [0, 0.1) is 0 Å². The van der Waals surface area contributed by atoms with E-state index in [1.807, 2.05) is 82.5 Å². The summed E-state index contributed by atoms with van der Waals surface area (Å²) >= 11 is 7.02. The van der Waals surface area contributed by atoms with Gasteiger partial charge < -0.3 is 0 Å². The Labute approximate surface area is 192 Å². The zero-order valence-electron chi connectivity index (χ0n) is 17.1. The molecule has 0 atom stereocenters. The first-order chi connectivity index (χ1) is 15.2. The lowest BCUT2D eigenvalue weighted by Gasteiger charge is -2.29. The van der Waals surface area contributed by atoms with Crippen molar-refractivity contribution in [1.29, 1.82) is 0 Å². The summed E-state index contributed by atoms with van der Waals surface area (Å²) in [6.45, 7) is 0. The Morgan fingerprint density at radius 3 is 2.35 bits per heavy atom. The average molecular weight is 446 g/mol. The molecule has 1 saturated heterocycles. The van der Waals surface area contributed by atoms with Crippen molar-refractivity contribution >= 4 is 40.3 Å². The Kier molecular flexibility index (Phi) is 5.74. The van der Waals surface area contributed by atoms with Gasteiger partial charge in [0, 0.05) is 23.4 Å². The van der Waals surface area contributed by atoms with Gasteiger partial charge in [-0.2, -0.15) is 5.10 Å². The summed E-state index contributed by atoms with van der Waals surface area (Å²) in [5.41, 5.74) is 3.77. The van der Waals surface area contributed by atoms with Crippen LogP contribution >= 0.6 is 24.0 Å². The van der Waals surface area contributed by atoms with Crippen molar-refractivity contribution in [2.75, 3.05) is 0 Å². The molecule has 0 spiro atoms. The van der Waals surface area contributed by atoms with E-state index in [-0.39, 0.29) is 11.9 Å². The number of hydrogen-bond acceptors (Lipinski definition) is 4. The van der Waals surface area contributed by atoms with Crippen LogP contribution in [0.15, 0.2) is 71.8 Å². The molecule has 1 amide bonds. The number of benzene rings is 2. The third kappa shape index (κ3) is 4.10. The number of carbonyl (C=O) groups is 1. The van der Waals surface area contributed by atoms with Gasteiger partial charge in [0.2, 0.25) is 0 Å². The minimum Gasteiger partial charge on any atom is -0.290 e. The van der Waals surface area contributed by atoms with Gasteiger partial charge in [0.25, 0.3) is 5.91 Å². The predicted octanol–water partition coefficient (Wildman–Crippen LogP) is 6.07. The van der Waals surface area contributed by atoms with Gasteiger partial charge >= 0.3 is 0 Å². The van der Waals surface area contributed by atoms with Crippen LogP contribution in [-0.2, 0) is 4.79 Å². The Morgan fingerprint density at radius 1 is 0.968 bits per heavy atom. The summed E-state index contributed by atoms with van der Waals surface area (Å²) in [5, 5.41) is 4.85. The molecule has 1 saturated carbocycles. The average Bonchev–Trinajstić information content (AvgIpc) is 3.36. The van der Waals surface area contributed by atoms with Gasteiger partial charge in [-0.25, -0.2) is 4.68 Å². The lowest BCUT2D eigenvalue weighted by Crippen LogP contribution is -2.39. The van der Waals surface area contributed by atoms with E-state index >= 15 is 0 Å². The van der Waals surface area contributed by atoms with Crippen LogP contribution in [-0.4, -0.2) is 30.9 Å². The minimum absolute atomic E-state index is 0.0355. The molecule has 156 valence electrons. The van der Waals surface area contributed by atoms with Crippen LogP contribution in [0.3, 0.4) is 0 Å². The van der Waals surface area contributed by atoms with Gasteiger partial charge in [-0.3, -0.25) is 9.69 Å². The number of rotatable bonds is 4. The van der Waals surface area contributed by atoms with E-state index in [1.165, 1.54) is 31.0 Å². The summed E-state index contributed by atoms with van der Waals surface area (Å²) in [7, 11) is 0. The number of aromatic nitrogens is 2. The minimum atomic E-state index is 0.0355. The lowest BCUT2D eigenvalue weighted by atomic mass is 9.94. The molecule has 1 aliphatic carbocycles. The van der Waals surface area contributed by atoms with Crippen LogP contribution in [0.4, 0.5) is 0 Å². The number of nitrogens with zero attached hydrogens (tertiary/aromatic N) is 3. The second-order valence-electron chi connectivity index (χ2n) is 7.92. The molecule has 4 nitrogen and oxygen atoms in total. The maximum absolute atomic E-state index is 13.3. The van der Waals surface area contributed by atoms with Crippen molar-refractivity contribution in [2.24, 2.45) is 0 Å². The van der Waals surface area contributed by atoms with E-state index < -0.39 is 0 Å². The quantitative estimate of drug-likeness (QED) is 0.361. The van der Waals surface area contributed by atoms with Crippen LogP contribution in [0.5, 0.6) is 0 Å². The highest BCUT2D eigenvalue weighted by Crippen LogP contribution is 2.38. The highest BCUT2D eigenvalue weighted by atomic mass is 32.2. The molecule has 2 heterocycles. The van der Waals surface area contributed by atoms with E-state index in [1.54, 1.807) is 0 Å². The molecule has 2 aromatic carbocycles. The normalized spacial score (nSPS) is 18.8. The number of para-hydroxylation sites is 1. The molecule has 0 radical (unpaired) electrons. The second kappa shape index (κ2) is 8.81. The van der Waals surface area contributed by atoms with Gasteiger partial charge in [-0.15, -0.1) is 0 Å². The number of amides is 1. The van der Waals surface area contributed by atoms with Crippen molar-refractivity contribution in [1.82, 2.24) is 14.7 Å². The van der Waals surface area contributed by atoms with Gasteiger partial charge in [0.05, 0.1) is 16.3 Å². The summed E-state index contributed by atoms with van der Waals surface area (Å²) < 4.78 is 2.55. The van der Waals surface area contributed by atoms with E-state index in [2.05, 4.69) is 0 Å². The molecule has 6 heteroatoms. The van der Waals surface area contributed by atoms with Gasteiger partial charge in [0.1, 0.15) is 4.32 Å². The Bertz CT molecular complexity index is 1130. The number of carbonyl (C=O) groups excluding carboxylic acids is 1. The van der Waals surface area contributed by atoms with E-state index in [0.29, 0.717) is 9.23 Å². The summed E-state index contributed by atoms with van der Waals surface area (Å²) in [6, 6.07) is 20.4. The molecule has 2 fully saturated rings. The van der Waals surface area contributed by atoms with E-state index in [0.717, 1.165) is 35.3 Å². The van der Waals surface area contributed by atoms with Crippen LogP contribution in [0.1, 0.15) is 37.7 Å². The Hall–Kier alpha value is -2.70. The Morgan fingerprint density at radius 2 is 1.65 bits per heavy atom. The maximum atomic E-state index is 13.3. The van der Waals surface area contributed by atoms with E-state index in [9.17, 15) is 4.79 Å². The van der Waals surface area contributed by atoms with E-state index in [4.69, 9.17) is 17.3 Å². The van der Waals surface area contributed by atoms with Crippen LogP contribution < -0.4 is 0 Å². The fourth-order valence-corrected chi connectivity index (χ4v) is 5.69. The second-order valence-corrected chi connectivity index (χ2v) is 9.60. The summed E-state index contributed by atoms with van der Waals surface area (Å²) in [6.07, 6.45) is 9.62. The van der Waals surface area contributed by atoms with Crippen molar-refractivity contribution in [3.63, 3.8) is 0 Å². The lowest BCUT2D eigenvalue weighted by molar-refractivity contribution is -0.124. The zero-order chi connectivity index (χ0) is 21.2. The molecular weight excluding hydrogens is 422 g/mol. The van der Waals surface area contributed by atoms with Gasteiger partial charge in [-0.1, -0.05) is 91.8 Å². The highest BCUT2D eigenvalue weighted by molar-refractivity contribution is 8.26. The smallest absolute Gasteiger partial charge is 0.266 e. The molecule has 0 bridgehead atoms. The van der Waals surface area contributed by atoms with Crippen LogP contribution in [0.2, 0.25) is 0 Å². The third-order valence-corrected chi connectivity index (χ3v) is 7.19. The third-order valence-electron chi connectivity index (χ3n) is 5.86. The zero-order valence-corrected chi connectivity index (χ0v) is 18.7. The van der Waals surface area contributed by atoms with Crippen molar-refractivity contribution < 1.29 is 4.79 Å². The Balaban J connectivity index is 1.53.